The van der Waals surface area contributed by atoms with Crippen molar-refractivity contribution in [1.82, 2.24) is 20.1 Å². The smallest absolute Gasteiger partial charge is 0.325 e. The van der Waals surface area contributed by atoms with Crippen LogP contribution in [0.15, 0.2) is 5.16 Å². The highest BCUT2D eigenvalue weighted by molar-refractivity contribution is 7.99. The fourth-order valence-corrected chi connectivity index (χ4v) is 2.53. The number of carbonyl (C=O) groups excluding carboxylic acids is 1. The summed E-state index contributed by atoms with van der Waals surface area (Å²) in [7, 11) is 5.08. The van der Waals surface area contributed by atoms with Crippen LogP contribution in [0.2, 0.25) is 0 Å². The van der Waals surface area contributed by atoms with Gasteiger partial charge in [-0.15, -0.1) is 10.2 Å². The second-order valence-corrected chi connectivity index (χ2v) is 5.32. The van der Waals surface area contributed by atoms with Crippen LogP contribution in [0.25, 0.3) is 0 Å². The number of ether oxygens (including phenoxy) is 1. The molecule has 1 heterocycles. The van der Waals surface area contributed by atoms with Crippen LogP contribution in [0, 0.1) is 6.92 Å². The Morgan fingerprint density at radius 2 is 2.22 bits per heavy atom. The molecule has 0 aromatic carbocycles. The van der Waals surface area contributed by atoms with Gasteiger partial charge < -0.3 is 14.6 Å². The van der Waals surface area contributed by atoms with Gasteiger partial charge in [-0.3, -0.25) is 4.79 Å². The van der Waals surface area contributed by atoms with Crippen LogP contribution in [0.1, 0.15) is 19.2 Å². The number of nitrogens with one attached hydrogen (secondary N) is 1. The lowest BCUT2D eigenvalue weighted by Gasteiger charge is -2.25. The predicted octanol–water partition coefficient (Wildman–Crippen LogP) is 0.757. The SMILES string of the molecule is CNC(C)(CCSc1nnc(C)n1C)C(=O)OC. The minimum Gasteiger partial charge on any atom is -0.468 e. The summed E-state index contributed by atoms with van der Waals surface area (Å²) in [5.74, 6) is 1.39. The van der Waals surface area contributed by atoms with Crippen LogP contribution in [-0.4, -0.2) is 46.2 Å². The zero-order valence-electron chi connectivity index (χ0n) is 11.5. The van der Waals surface area contributed by atoms with Gasteiger partial charge in [0, 0.05) is 12.8 Å². The number of aromatic nitrogens is 3. The highest BCUT2D eigenvalue weighted by Gasteiger charge is 2.32. The molecule has 1 rings (SSSR count). The van der Waals surface area contributed by atoms with Gasteiger partial charge >= 0.3 is 5.97 Å². The van der Waals surface area contributed by atoms with Crippen LogP contribution in [0.4, 0.5) is 0 Å². The molecule has 0 amide bonds. The van der Waals surface area contributed by atoms with Gasteiger partial charge in [-0.2, -0.15) is 0 Å². The molecule has 6 nitrogen and oxygen atoms in total. The fraction of sp³-hybridized carbons (Fsp3) is 0.727. The van der Waals surface area contributed by atoms with E-state index in [0.717, 1.165) is 16.7 Å². The maximum atomic E-state index is 11.7. The van der Waals surface area contributed by atoms with Crippen molar-refractivity contribution < 1.29 is 9.53 Å². The molecule has 7 heteroatoms. The number of aryl methyl sites for hydroxylation is 1. The third-order valence-electron chi connectivity index (χ3n) is 3.07. The van der Waals surface area contributed by atoms with E-state index in [1.165, 1.54) is 7.11 Å². The van der Waals surface area contributed by atoms with Gasteiger partial charge in [-0.05, 0) is 27.3 Å². The van der Waals surface area contributed by atoms with Crippen molar-refractivity contribution in [1.29, 1.82) is 0 Å². The molecule has 1 unspecified atom stereocenters. The molecular weight excluding hydrogens is 252 g/mol. The second kappa shape index (κ2) is 6.19. The van der Waals surface area contributed by atoms with Gasteiger partial charge in [-0.1, -0.05) is 11.8 Å². The van der Waals surface area contributed by atoms with Crippen molar-refractivity contribution in [2.75, 3.05) is 19.9 Å². The number of methoxy groups -OCH3 is 1. The molecule has 0 aliphatic rings. The number of nitrogens with zero attached hydrogens (tertiary/aromatic N) is 3. The molecule has 0 fully saturated rings. The standard InChI is InChI=1S/C11H20N4O2S/c1-8-13-14-10(15(8)4)18-7-6-11(2,12-3)9(16)17-5/h12H,6-7H2,1-5H3. The fourth-order valence-electron chi connectivity index (χ4n) is 1.41. The summed E-state index contributed by atoms with van der Waals surface area (Å²) in [6, 6.07) is 0. The molecule has 1 aromatic rings. The van der Waals surface area contributed by atoms with Crippen molar-refractivity contribution in [3.63, 3.8) is 0 Å². The van der Waals surface area contributed by atoms with E-state index in [2.05, 4.69) is 15.5 Å². The molecule has 1 N–H and O–H groups in total. The zero-order valence-corrected chi connectivity index (χ0v) is 12.3. The molecule has 0 aliphatic carbocycles. The number of thioether (sulfide) groups is 1. The lowest BCUT2D eigenvalue weighted by molar-refractivity contribution is -0.147. The summed E-state index contributed by atoms with van der Waals surface area (Å²) in [4.78, 5) is 11.7. The van der Waals surface area contributed by atoms with E-state index < -0.39 is 5.54 Å². The quantitative estimate of drug-likeness (QED) is 0.609. The van der Waals surface area contributed by atoms with E-state index in [1.807, 2.05) is 25.5 Å². The van der Waals surface area contributed by atoms with E-state index >= 15 is 0 Å². The lowest BCUT2D eigenvalue weighted by atomic mass is 10.00. The van der Waals surface area contributed by atoms with Gasteiger partial charge in [0.05, 0.1) is 7.11 Å². The third kappa shape index (κ3) is 3.23. The van der Waals surface area contributed by atoms with Gasteiger partial charge in [-0.25, -0.2) is 0 Å². The molecular formula is C11H20N4O2S. The number of hydrogen-bond acceptors (Lipinski definition) is 6. The Hall–Kier alpha value is -1.08. The topological polar surface area (TPSA) is 69.0 Å². The Kier molecular flexibility index (Phi) is 5.15. The van der Waals surface area contributed by atoms with Gasteiger partial charge in [0.25, 0.3) is 0 Å². The van der Waals surface area contributed by atoms with E-state index in [1.54, 1.807) is 18.8 Å². The van der Waals surface area contributed by atoms with Crippen molar-refractivity contribution >= 4 is 17.7 Å². The summed E-state index contributed by atoms with van der Waals surface area (Å²) in [6.07, 6.45) is 0.659. The van der Waals surface area contributed by atoms with Crippen molar-refractivity contribution in [2.45, 2.75) is 31.0 Å². The van der Waals surface area contributed by atoms with E-state index in [9.17, 15) is 4.79 Å². The number of likely N-dealkylation sites (N-methyl/N-ethyl adjacent to an activating group) is 1. The number of hydrogen-bond donors (Lipinski definition) is 1. The molecule has 1 aromatic heterocycles. The van der Waals surface area contributed by atoms with Crippen LogP contribution >= 0.6 is 11.8 Å². The first-order valence-corrected chi connectivity index (χ1v) is 6.69. The maximum Gasteiger partial charge on any atom is 0.325 e. The Balaban J connectivity index is 2.55. The van der Waals surface area contributed by atoms with Gasteiger partial charge in [0.15, 0.2) is 5.16 Å². The van der Waals surface area contributed by atoms with Crippen LogP contribution in [0.3, 0.4) is 0 Å². The van der Waals surface area contributed by atoms with Crippen LogP contribution < -0.4 is 5.32 Å². The van der Waals surface area contributed by atoms with E-state index in [0.29, 0.717) is 6.42 Å². The molecule has 0 saturated carbocycles. The van der Waals surface area contributed by atoms with Crippen LogP contribution in [-0.2, 0) is 16.6 Å². The molecule has 0 radical (unpaired) electrons. The summed E-state index contributed by atoms with van der Waals surface area (Å²) in [5.41, 5.74) is -0.657. The lowest BCUT2D eigenvalue weighted by Crippen LogP contribution is -2.48. The van der Waals surface area contributed by atoms with Gasteiger partial charge in [0.1, 0.15) is 11.4 Å². The highest BCUT2D eigenvalue weighted by Crippen LogP contribution is 2.21. The molecule has 102 valence electrons. The minimum absolute atomic E-state index is 0.250. The average molecular weight is 272 g/mol. The largest absolute Gasteiger partial charge is 0.468 e. The Morgan fingerprint density at radius 3 is 2.67 bits per heavy atom. The van der Waals surface area contributed by atoms with E-state index in [-0.39, 0.29) is 5.97 Å². The highest BCUT2D eigenvalue weighted by atomic mass is 32.2. The van der Waals surface area contributed by atoms with Crippen molar-refractivity contribution in [3.05, 3.63) is 5.82 Å². The number of rotatable bonds is 6. The normalized spacial score (nSPS) is 14.3. The van der Waals surface area contributed by atoms with Gasteiger partial charge in [0.2, 0.25) is 0 Å². The molecule has 0 bridgehead atoms. The Labute approximate surface area is 111 Å². The summed E-state index contributed by atoms with van der Waals surface area (Å²) >= 11 is 1.58. The van der Waals surface area contributed by atoms with Crippen LogP contribution in [0.5, 0.6) is 0 Å². The summed E-state index contributed by atoms with van der Waals surface area (Å²) < 4.78 is 6.72. The zero-order chi connectivity index (χ0) is 13.8. The van der Waals surface area contributed by atoms with Crippen molar-refractivity contribution in [2.24, 2.45) is 7.05 Å². The summed E-state index contributed by atoms with van der Waals surface area (Å²) in [5, 5.41) is 11.9. The maximum absolute atomic E-state index is 11.7. The number of carbonyl (C=O) groups is 1. The second-order valence-electron chi connectivity index (χ2n) is 4.26. The Morgan fingerprint density at radius 1 is 1.56 bits per heavy atom. The minimum atomic E-state index is -0.657. The van der Waals surface area contributed by atoms with E-state index in [4.69, 9.17) is 4.74 Å². The Bertz CT molecular complexity index is 421. The molecule has 0 spiro atoms. The summed E-state index contributed by atoms with van der Waals surface area (Å²) in [6.45, 7) is 3.74. The first-order chi connectivity index (χ1) is 8.44. The average Bonchev–Trinajstić information content (AvgIpc) is 2.69. The molecule has 0 saturated heterocycles. The predicted molar refractivity (Wildman–Crippen MR) is 70.6 cm³/mol. The molecule has 0 aliphatic heterocycles. The van der Waals surface area contributed by atoms with Crippen molar-refractivity contribution in [3.8, 4) is 0 Å². The first-order valence-electron chi connectivity index (χ1n) is 5.70. The monoisotopic (exact) mass is 272 g/mol. The third-order valence-corrected chi connectivity index (χ3v) is 4.10. The molecule has 18 heavy (non-hydrogen) atoms. The number of esters is 1. The first kappa shape index (κ1) is 15.0. The molecule has 1 atom stereocenters.